The molecule has 2 aromatic carbocycles. The quantitative estimate of drug-likeness (QED) is 0.702. The molecule has 0 aliphatic heterocycles. The number of carbonyl (C=O) groups excluding carboxylic acids is 2. The van der Waals surface area contributed by atoms with Crippen LogP contribution in [0.5, 0.6) is 11.5 Å². The molecule has 3 amide bonds. The third kappa shape index (κ3) is 6.35. The highest BCUT2D eigenvalue weighted by Crippen LogP contribution is 2.31. The Balaban J connectivity index is 1.99. The van der Waals surface area contributed by atoms with Crippen molar-refractivity contribution in [3.05, 3.63) is 53.6 Å². The van der Waals surface area contributed by atoms with Crippen LogP contribution in [0.4, 0.5) is 10.5 Å². The molecule has 0 heterocycles. The van der Waals surface area contributed by atoms with Gasteiger partial charge in [0.15, 0.2) is 5.75 Å². The first-order valence-corrected chi connectivity index (χ1v) is 8.30. The molecule has 0 aromatic heterocycles. The zero-order valence-corrected chi connectivity index (χ0v) is 14.6. The zero-order valence-electron chi connectivity index (χ0n) is 13.8. The summed E-state index contributed by atoms with van der Waals surface area (Å²) in [6.07, 6.45) is 0.834. The molecule has 0 atom stereocenters. The lowest BCUT2D eigenvalue weighted by Gasteiger charge is -2.13. The number of carbonyl (C=O) groups is 2. The maximum Gasteiger partial charge on any atom is 0.319 e. The van der Waals surface area contributed by atoms with E-state index in [-0.39, 0.29) is 12.5 Å². The molecule has 0 saturated carbocycles. The Morgan fingerprint density at radius 1 is 1.08 bits per heavy atom. The number of nitrogens with one attached hydrogen (secondary N) is 3. The highest BCUT2D eigenvalue weighted by Gasteiger charge is 2.11. The van der Waals surface area contributed by atoms with Crippen LogP contribution in [-0.4, -0.2) is 25.0 Å². The molecule has 0 radical (unpaired) electrons. The van der Waals surface area contributed by atoms with E-state index in [2.05, 4.69) is 16.0 Å². The average Bonchev–Trinajstić information content (AvgIpc) is 2.61. The van der Waals surface area contributed by atoms with Crippen molar-refractivity contribution in [2.75, 3.05) is 18.4 Å². The smallest absolute Gasteiger partial charge is 0.319 e. The van der Waals surface area contributed by atoms with E-state index in [4.69, 9.17) is 16.3 Å². The largest absolute Gasteiger partial charge is 0.455 e. The van der Waals surface area contributed by atoms with Crippen LogP contribution in [0.15, 0.2) is 48.5 Å². The van der Waals surface area contributed by atoms with E-state index in [9.17, 15) is 9.59 Å². The number of para-hydroxylation sites is 1. The Morgan fingerprint density at radius 2 is 1.84 bits per heavy atom. The second kappa shape index (κ2) is 9.54. The molecule has 0 spiro atoms. The van der Waals surface area contributed by atoms with Gasteiger partial charge in [0.2, 0.25) is 5.91 Å². The lowest BCUT2D eigenvalue weighted by Crippen LogP contribution is -2.39. The molecule has 25 heavy (non-hydrogen) atoms. The fourth-order valence-electron chi connectivity index (χ4n) is 1.96. The van der Waals surface area contributed by atoms with Gasteiger partial charge in [-0.25, -0.2) is 4.79 Å². The highest BCUT2D eigenvalue weighted by molar-refractivity contribution is 6.31. The van der Waals surface area contributed by atoms with Gasteiger partial charge in [0, 0.05) is 11.6 Å². The third-order valence-electron chi connectivity index (χ3n) is 3.14. The van der Waals surface area contributed by atoms with Crippen molar-refractivity contribution in [1.29, 1.82) is 0 Å². The predicted molar refractivity (Wildman–Crippen MR) is 98.3 cm³/mol. The first kappa shape index (κ1) is 18.6. The first-order valence-electron chi connectivity index (χ1n) is 7.92. The fraction of sp³-hybridized carbons (Fsp3) is 0.222. The van der Waals surface area contributed by atoms with Crippen LogP contribution in [0, 0.1) is 0 Å². The molecule has 2 aromatic rings. The van der Waals surface area contributed by atoms with Gasteiger partial charge in [-0.1, -0.05) is 36.7 Å². The van der Waals surface area contributed by atoms with Crippen molar-refractivity contribution in [2.24, 2.45) is 0 Å². The van der Waals surface area contributed by atoms with Gasteiger partial charge < -0.3 is 20.7 Å². The maximum absolute atomic E-state index is 12.0. The maximum atomic E-state index is 12.0. The second-order valence-electron chi connectivity index (χ2n) is 5.21. The van der Waals surface area contributed by atoms with Crippen molar-refractivity contribution in [1.82, 2.24) is 10.6 Å². The molecular formula is C18H20ClN3O3. The minimum absolute atomic E-state index is 0.110. The number of benzene rings is 2. The molecule has 0 fully saturated rings. The number of hydrogen-bond acceptors (Lipinski definition) is 3. The van der Waals surface area contributed by atoms with Crippen LogP contribution in [0.25, 0.3) is 0 Å². The molecule has 6 nitrogen and oxygen atoms in total. The fourth-order valence-corrected chi connectivity index (χ4v) is 2.13. The molecule has 0 unspecified atom stereocenters. The minimum atomic E-state index is -0.521. The van der Waals surface area contributed by atoms with Crippen molar-refractivity contribution < 1.29 is 14.3 Å². The number of anilines is 1. The zero-order chi connectivity index (χ0) is 18.1. The Kier molecular flexibility index (Phi) is 7.10. The van der Waals surface area contributed by atoms with Gasteiger partial charge in [-0.15, -0.1) is 0 Å². The van der Waals surface area contributed by atoms with Gasteiger partial charge in [-0.2, -0.15) is 0 Å². The van der Waals surface area contributed by atoms with Gasteiger partial charge in [-0.05, 0) is 36.8 Å². The molecule has 2 rings (SSSR count). The van der Waals surface area contributed by atoms with E-state index in [0.717, 1.165) is 6.42 Å². The highest BCUT2D eigenvalue weighted by atomic mass is 35.5. The summed E-state index contributed by atoms with van der Waals surface area (Å²) in [5.74, 6) is 0.831. The summed E-state index contributed by atoms with van der Waals surface area (Å²) in [5, 5.41) is 8.27. The SMILES string of the molecule is CCCNC(=O)CNC(=O)Nc1cc(Cl)ccc1Oc1ccccc1. The average molecular weight is 362 g/mol. The van der Waals surface area contributed by atoms with E-state index in [1.54, 1.807) is 30.3 Å². The molecule has 0 bridgehead atoms. The summed E-state index contributed by atoms with van der Waals surface area (Å²) in [5.41, 5.74) is 0.405. The minimum Gasteiger partial charge on any atom is -0.455 e. The molecular weight excluding hydrogens is 342 g/mol. The van der Waals surface area contributed by atoms with Crippen molar-refractivity contribution in [3.63, 3.8) is 0 Å². The number of amides is 3. The number of ether oxygens (including phenoxy) is 1. The van der Waals surface area contributed by atoms with E-state index >= 15 is 0 Å². The molecule has 0 saturated heterocycles. The topological polar surface area (TPSA) is 79.5 Å². The van der Waals surface area contributed by atoms with Crippen molar-refractivity contribution in [2.45, 2.75) is 13.3 Å². The number of rotatable bonds is 7. The monoisotopic (exact) mass is 361 g/mol. The molecule has 3 N–H and O–H groups in total. The standard InChI is InChI=1S/C18H20ClN3O3/c1-2-10-20-17(23)12-21-18(24)22-15-11-13(19)8-9-16(15)25-14-6-4-3-5-7-14/h3-9,11H,2,10,12H2,1H3,(H,20,23)(H2,21,22,24). The molecule has 0 aliphatic rings. The summed E-state index contributed by atoms with van der Waals surface area (Å²) in [7, 11) is 0. The van der Waals surface area contributed by atoms with Crippen LogP contribution < -0.4 is 20.7 Å². The normalized spacial score (nSPS) is 10.0. The number of halogens is 1. The van der Waals surface area contributed by atoms with Crippen LogP contribution in [0.1, 0.15) is 13.3 Å². The van der Waals surface area contributed by atoms with Gasteiger partial charge in [0.05, 0.1) is 12.2 Å². The lowest BCUT2D eigenvalue weighted by molar-refractivity contribution is -0.120. The van der Waals surface area contributed by atoms with E-state index in [0.29, 0.717) is 28.8 Å². The van der Waals surface area contributed by atoms with Gasteiger partial charge in [0.25, 0.3) is 0 Å². The van der Waals surface area contributed by atoms with Gasteiger partial charge in [0.1, 0.15) is 5.75 Å². The van der Waals surface area contributed by atoms with Gasteiger partial charge in [-0.3, -0.25) is 4.79 Å². The Bertz CT molecular complexity index is 723. The van der Waals surface area contributed by atoms with Crippen LogP contribution in [-0.2, 0) is 4.79 Å². The number of hydrogen-bond donors (Lipinski definition) is 3. The summed E-state index contributed by atoms with van der Waals surface area (Å²) >= 11 is 6.00. The summed E-state index contributed by atoms with van der Waals surface area (Å²) in [6, 6.07) is 13.6. The van der Waals surface area contributed by atoms with Gasteiger partial charge >= 0.3 is 6.03 Å². The first-order chi connectivity index (χ1) is 12.1. The van der Waals surface area contributed by atoms with Crippen LogP contribution in [0.3, 0.4) is 0 Å². The molecule has 7 heteroatoms. The molecule has 0 aliphatic carbocycles. The van der Waals surface area contributed by atoms with E-state index < -0.39 is 6.03 Å². The van der Waals surface area contributed by atoms with E-state index in [1.807, 2.05) is 25.1 Å². The van der Waals surface area contributed by atoms with Crippen molar-refractivity contribution in [3.8, 4) is 11.5 Å². The lowest BCUT2D eigenvalue weighted by atomic mass is 10.3. The Hall–Kier alpha value is -2.73. The third-order valence-corrected chi connectivity index (χ3v) is 3.38. The van der Waals surface area contributed by atoms with Crippen LogP contribution >= 0.6 is 11.6 Å². The summed E-state index contributed by atoms with van der Waals surface area (Å²) < 4.78 is 5.76. The van der Waals surface area contributed by atoms with E-state index in [1.165, 1.54) is 0 Å². The predicted octanol–water partition coefficient (Wildman–Crippen LogP) is 3.78. The Labute approximate surface area is 151 Å². The summed E-state index contributed by atoms with van der Waals surface area (Å²) in [4.78, 5) is 23.5. The second-order valence-corrected chi connectivity index (χ2v) is 5.65. The Morgan fingerprint density at radius 3 is 2.56 bits per heavy atom. The number of urea groups is 1. The van der Waals surface area contributed by atoms with Crippen molar-refractivity contribution >= 4 is 29.2 Å². The molecule has 132 valence electrons. The summed E-state index contributed by atoms with van der Waals surface area (Å²) in [6.45, 7) is 2.42. The van der Waals surface area contributed by atoms with Crippen LogP contribution in [0.2, 0.25) is 5.02 Å².